The molecule has 4 heterocycles. The molecule has 202 valence electrons. The van der Waals surface area contributed by atoms with Crippen LogP contribution in [0.3, 0.4) is 0 Å². The molecule has 11 nitrogen and oxygen atoms in total. The molecule has 0 radical (unpaired) electrons. The van der Waals surface area contributed by atoms with Crippen LogP contribution in [0.5, 0.6) is 0 Å². The van der Waals surface area contributed by atoms with Gasteiger partial charge in [0.05, 0.1) is 17.5 Å². The molecule has 3 aromatic heterocycles. The van der Waals surface area contributed by atoms with Gasteiger partial charge in [-0.25, -0.2) is 29.5 Å². The van der Waals surface area contributed by atoms with Crippen molar-refractivity contribution in [1.29, 1.82) is 0 Å². The average Bonchev–Trinajstić information content (AvgIpc) is 3.72. The van der Waals surface area contributed by atoms with E-state index in [0.717, 1.165) is 11.1 Å². The quantitative estimate of drug-likeness (QED) is 0.283. The fourth-order valence-electron chi connectivity index (χ4n) is 4.59. The van der Waals surface area contributed by atoms with Gasteiger partial charge < -0.3 is 14.2 Å². The van der Waals surface area contributed by atoms with Gasteiger partial charge >= 0.3 is 11.9 Å². The first-order valence-corrected chi connectivity index (χ1v) is 12.8. The molecule has 3 atom stereocenters. The van der Waals surface area contributed by atoms with Crippen molar-refractivity contribution in [2.75, 3.05) is 6.61 Å². The van der Waals surface area contributed by atoms with Crippen molar-refractivity contribution in [3.63, 3.8) is 0 Å². The van der Waals surface area contributed by atoms with Gasteiger partial charge in [0.1, 0.15) is 37.7 Å². The lowest BCUT2D eigenvalue weighted by Gasteiger charge is -2.19. The lowest BCUT2D eigenvalue weighted by Crippen LogP contribution is -2.32. The number of imidazole rings is 2. The summed E-state index contributed by atoms with van der Waals surface area (Å²) < 4.78 is 21.3. The second kappa shape index (κ2) is 10.7. The highest BCUT2D eigenvalue weighted by Crippen LogP contribution is 2.34. The van der Waals surface area contributed by atoms with Crippen molar-refractivity contribution in [1.82, 2.24) is 29.1 Å². The highest BCUT2D eigenvalue weighted by molar-refractivity contribution is 5.90. The summed E-state index contributed by atoms with van der Waals surface area (Å²) in [6, 6.07) is 14.2. The summed E-state index contributed by atoms with van der Waals surface area (Å²) in [5, 5.41) is 0. The Balaban J connectivity index is 1.25. The molecule has 2 aromatic carbocycles. The van der Waals surface area contributed by atoms with Crippen LogP contribution in [0.15, 0.2) is 79.9 Å². The van der Waals surface area contributed by atoms with Crippen molar-refractivity contribution >= 4 is 23.1 Å². The molecule has 0 amide bonds. The predicted octanol–water partition coefficient (Wildman–Crippen LogP) is 4.00. The second-order valence-corrected chi connectivity index (χ2v) is 9.63. The van der Waals surface area contributed by atoms with E-state index in [0.29, 0.717) is 34.5 Å². The summed E-state index contributed by atoms with van der Waals surface area (Å²) in [6.07, 6.45) is 6.45. The Morgan fingerprint density at radius 3 is 2.30 bits per heavy atom. The van der Waals surface area contributed by atoms with Crippen molar-refractivity contribution < 1.29 is 23.8 Å². The molecule has 0 aliphatic carbocycles. The first-order chi connectivity index (χ1) is 19.5. The second-order valence-electron chi connectivity index (χ2n) is 9.63. The monoisotopic (exact) mass is 538 g/mol. The minimum Gasteiger partial charge on any atom is -0.459 e. The van der Waals surface area contributed by atoms with Crippen LogP contribution in [0.1, 0.15) is 44.5 Å². The summed E-state index contributed by atoms with van der Waals surface area (Å²) >= 11 is 0. The molecular formula is C29H26N6O5. The summed E-state index contributed by atoms with van der Waals surface area (Å²) in [7, 11) is 0. The molecule has 1 fully saturated rings. The summed E-state index contributed by atoms with van der Waals surface area (Å²) in [4.78, 5) is 43.1. The molecule has 0 bridgehead atoms. The number of ether oxygens (including phenoxy) is 3. The van der Waals surface area contributed by atoms with E-state index in [2.05, 4.69) is 19.9 Å². The minimum atomic E-state index is -0.707. The number of carbonyl (C=O) groups is 2. The van der Waals surface area contributed by atoms with Gasteiger partial charge in [-0.05, 0) is 38.1 Å². The summed E-state index contributed by atoms with van der Waals surface area (Å²) in [5.74, 6) is -0.393. The molecule has 1 aliphatic rings. The average molecular weight is 539 g/mol. The van der Waals surface area contributed by atoms with Crippen molar-refractivity contribution in [3.8, 4) is 5.82 Å². The Labute approximate surface area is 229 Å². The van der Waals surface area contributed by atoms with Crippen LogP contribution in [0.2, 0.25) is 0 Å². The Morgan fingerprint density at radius 2 is 1.62 bits per heavy atom. The van der Waals surface area contributed by atoms with Crippen LogP contribution in [0.25, 0.3) is 17.0 Å². The number of carbonyl (C=O) groups excluding carboxylic acids is 2. The van der Waals surface area contributed by atoms with E-state index in [1.807, 2.05) is 38.1 Å². The van der Waals surface area contributed by atoms with Gasteiger partial charge in [-0.3, -0.25) is 9.13 Å². The van der Waals surface area contributed by atoms with Crippen molar-refractivity contribution in [2.45, 2.75) is 38.7 Å². The smallest absolute Gasteiger partial charge is 0.338 e. The Morgan fingerprint density at radius 1 is 0.925 bits per heavy atom. The zero-order chi connectivity index (χ0) is 27.6. The number of aryl methyl sites for hydroxylation is 2. The van der Waals surface area contributed by atoms with Crippen molar-refractivity contribution in [2.24, 2.45) is 0 Å². The Bertz CT molecular complexity index is 1650. The third-order valence-corrected chi connectivity index (χ3v) is 6.79. The topological polar surface area (TPSA) is 123 Å². The molecular weight excluding hydrogens is 512 g/mol. The van der Waals surface area contributed by atoms with E-state index in [1.165, 1.54) is 6.33 Å². The number of benzene rings is 2. The molecule has 0 spiro atoms. The number of hydrogen-bond donors (Lipinski definition) is 0. The van der Waals surface area contributed by atoms with E-state index < -0.39 is 30.4 Å². The number of rotatable bonds is 7. The molecule has 1 aliphatic heterocycles. The van der Waals surface area contributed by atoms with Crippen molar-refractivity contribution in [3.05, 3.63) is 102 Å². The van der Waals surface area contributed by atoms with Gasteiger partial charge in [0.25, 0.3) is 0 Å². The maximum atomic E-state index is 13.0. The van der Waals surface area contributed by atoms with Crippen LogP contribution < -0.4 is 0 Å². The van der Waals surface area contributed by atoms with Gasteiger partial charge in [-0.15, -0.1) is 0 Å². The molecule has 6 rings (SSSR count). The largest absolute Gasteiger partial charge is 0.459 e. The van der Waals surface area contributed by atoms with Gasteiger partial charge in [0.15, 0.2) is 17.0 Å². The van der Waals surface area contributed by atoms with Gasteiger partial charge in [-0.2, -0.15) is 0 Å². The lowest BCUT2D eigenvalue weighted by atomic mass is 10.1. The normalized spacial score (nSPS) is 18.6. The zero-order valence-corrected chi connectivity index (χ0v) is 21.9. The van der Waals surface area contributed by atoms with E-state index in [9.17, 15) is 9.59 Å². The Kier molecular flexibility index (Phi) is 6.79. The fraction of sp³-hybridized carbons (Fsp3) is 0.241. The van der Waals surface area contributed by atoms with Gasteiger partial charge in [-0.1, -0.05) is 35.4 Å². The minimum absolute atomic E-state index is 0.100. The fourth-order valence-corrected chi connectivity index (χ4v) is 4.59. The maximum absolute atomic E-state index is 13.0. The number of fused-ring (bicyclic) bond motifs is 1. The van der Waals surface area contributed by atoms with Crippen LogP contribution in [-0.2, 0) is 14.2 Å². The molecule has 0 unspecified atom stereocenters. The van der Waals surface area contributed by atoms with E-state index in [4.69, 9.17) is 14.2 Å². The first-order valence-electron chi connectivity index (χ1n) is 12.8. The number of esters is 2. The van der Waals surface area contributed by atoms with Crippen LogP contribution in [0, 0.1) is 13.8 Å². The van der Waals surface area contributed by atoms with E-state index in [-0.39, 0.29) is 6.61 Å². The number of aromatic nitrogens is 6. The highest BCUT2D eigenvalue weighted by atomic mass is 16.6. The van der Waals surface area contributed by atoms with Crippen LogP contribution in [-0.4, -0.2) is 59.8 Å². The molecule has 5 aromatic rings. The number of hydrogen-bond acceptors (Lipinski definition) is 9. The summed E-state index contributed by atoms with van der Waals surface area (Å²) in [5.41, 5.74) is 4.03. The highest BCUT2D eigenvalue weighted by Gasteiger charge is 2.40. The third kappa shape index (κ3) is 5.06. The predicted molar refractivity (Wildman–Crippen MR) is 143 cm³/mol. The number of nitrogens with zero attached hydrogens (tertiary/aromatic N) is 6. The molecule has 0 N–H and O–H groups in total. The molecule has 0 saturated carbocycles. The first kappa shape index (κ1) is 25.4. The standard InChI is InChI=1S/C29H26N6O5/c1-18-3-7-20(8-4-18)28(36)38-14-23-22(40-29(37)21-9-5-19(2)6-10-21)13-24(39-23)35-17-33-25-26(31-15-32-27(25)35)34-12-11-30-16-34/h3-12,15-17,22-24H,13-14H2,1-2H3/t22-,23+,24-/m0/s1. The lowest BCUT2D eigenvalue weighted by molar-refractivity contribution is -0.0563. The van der Waals surface area contributed by atoms with Gasteiger partial charge in [0.2, 0.25) is 0 Å². The maximum Gasteiger partial charge on any atom is 0.338 e. The Hall–Kier alpha value is -4.90. The van der Waals surface area contributed by atoms with Crippen LogP contribution >= 0.6 is 0 Å². The summed E-state index contributed by atoms with van der Waals surface area (Å²) in [6.45, 7) is 3.79. The van der Waals surface area contributed by atoms with Crippen LogP contribution in [0.4, 0.5) is 0 Å². The SMILES string of the molecule is Cc1ccc(C(=O)OC[C@H]2O[C@H](n3cnc4c(-n5ccnc5)ncnc43)C[C@@H]2OC(=O)c2ccc(C)cc2)cc1. The molecule has 11 heteroatoms. The van der Waals surface area contributed by atoms with Gasteiger partial charge in [0, 0.05) is 18.8 Å². The third-order valence-electron chi connectivity index (χ3n) is 6.79. The molecule has 1 saturated heterocycles. The van der Waals surface area contributed by atoms with E-state index >= 15 is 0 Å². The zero-order valence-electron chi connectivity index (χ0n) is 21.9. The van der Waals surface area contributed by atoms with E-state index in [1.54, 1.807) is 58.4 Å². The molecule has 40 heavy (non-hydrogen) atoms.